The maximum atomic E-state index is 4.30. The topological polar surface area (TPSA) is 53.9 Å². The molecule has 0 spiro atoms. The molecule has 0 radical (unpaired) electrons. The summed E-state index contributed by atoms with van der Waals surface area (Å²) in [6.07, 6.45) is 7.31. The average molecular weight is 374 g/mol. The van der Waals surface area contributed by atoms with E-state index in [2.05, 4.69) is 55.7 Å². The van der Waals surface area contributed by atoms with Crippen molar-refractivity contribution < 1.29 is 0 Å². The van der Waals surface area contributed by atoms with Gasteiger partial charge in [-0.05, 0) is 68.1 Å². The summed E-state index contributed by atoms with van der Waals surface area (Å²) in [6, 6.07) is 18.7. The van der Waals surface area contributed by atoms with Gasteiger partial charge in [-0.2, -0.15) is 0 Å². The first-order chi connectivity index (χ1) is 13.9. The summed E-state index contributed by atoms with van der Waals surface area (Å²) in [4.78, 5) is 6.70. The van der Waals surface area contributed by atoms with E-state index in [0.717, 1.165) is 36.1 Å². The van der Waals surface area contributed by atoms with Gasteiger partial charge in [0.25, 0.3) is 0 Å². The second-order valence-electron chi connectivity index (χ2n) is 7.47. The average Bonchev–Trinajstić information content (AvgIpc) is 2.77. The minimum atomic E-state index is 0.794. The fourth-order valence-corrected chi connectivity index (χ4v) is 3.77. The van der Waals surface area contributed by atoms with E-state index in [-0.39, 0.29) is 0 Å². The van der Waals surface area contributed by atoms with Crippen LogP contribution in [0.25, 0.3) is 11.3 Å². The monoisotopic (exact) mass is 373 g/mol. The van der Waals surface area contributed by atoms with Crippen LogP contribution in [0.15, 0.2) is 67.0 Å². The molecule has 28 heavy (non-hydrogen) atoms. The lowest BCUT2D eigenvalue weighted by molar-refractivity contribution is 0.174. The lowest BCUT2D eigenvalue weighted by atomic mass is 9.93. The Labute approximate surface area is 166 Å². The Morgan fingerprint density at radius 2 is 1.79 bits per heavy atom. The van der Waals surface area contributed by atoms with E-state index >= 15 is 0 Å². The van der Waals surface area contributed by atoms with Crippen molar-refractivity contribution in [3.63, 3.8) is 0 Å². The fourth-order valence-electron chi connectivity index (χ4n) is 3.77. The zero-order chi connectivity index (χ0) is 19.0. The van der Waals surface area contributed by atoms with Gasteiger partial charge in [-0.15, -0.1) is 10.2 Å². The van der Waals surface area contributed by atoms with Crippen molar-refractivity contribution in [3.8, 4) is 11.3 Å². The molecule has 1 aliphatic heterocycles. The van der Waals surface area contributed by atoms with E-state index in [9.17, 15) is 0 Å². The summed E-state index contributed by atoms with van der Waals surface area (Å²) in [5.41, 5.74) is 3.25. The maximum absolute atomic E-state index is 4.30. The highest BCUT2D eigenvalue weighted by molar-refractivity contribution is 5.57. The van der Waals surface area contributed by atoms with E-state index in [4.69, 9.17) is 0 Å². The standard InChI is InChI=1S/C23H27N5/c1-2-5-20(6-3-1)18-28-15-11-19(12-16-28)10-14-25-23-9-8-22(26-27-23)21-7-4-13-24-17-21/h1-9,13,17,19H,10-12,14-16,18H2,(H,25,27). The summed E-state index contributed by atoms with van der Waals surface area (Å²) in [5.74, 6) is 1.64. The largest absolute Gasteiger partial charge is 0.369 e. The second-order valence-corrected chi connectivity index (χ2v) is 7.47. The molecule has 144 valence electrons. The summed E-state index contributed by atoms with van der Waals surface area (Å²) >= 11 is 0. The van der Waals surface area contributed by atoms with Gasteiger partial charge in [-0.1, -0.05) is 30.3 Å². The third-order valence-electron chi connectivity index (χ3n) is 5.44. The van der Waals surface area contributed by atoms with Gasteiger partial charge in [0, 0.05) is 31.0 Å². The van der Waals surface area contributed by atoms with E-state index in [0.29, 0.717) is 0 Å². The lowest BCUT2D eigenvalue weighted by Crippen LogP contribution is -2.33. The number of benzene rings is 1. The molecule has 0 amide bonds. The number of hydrogen-bond donors (Lipinski definition) is 1. The highest BCUT2D eigenvalue weighted by Crippen LogP contribution is 2.22. The molecule has 5 nitrogen and oxygen atoms in total. The molecule has 0 atom stereocenters. The molecule has 3 heterocycles. The Bertz CT molecular complexity index is 828. The molecule has 1 fully saturated rings. The van der Waals surface area contributed by atoms with Crippen LogP contribution in [0.1, 0.15) is 24.8 Å². The molecular weight excluding hydrogens is 346 g/mol. The molecule has 1 N–H and O–H groups in total. The first-order valence-electron chi connectivity index (χ1n) is 10.1. The van der Waals surface area contributed by atoms with Crippen LogP contribution in [-0.4, -0.2) is 39.7 Å². The van der Waals surface area contributed by atoms with E-state index in [1.54, 1.807) is 12.4 Å². The predicted octanol–water partition coefficient (Wildman–Crippen LogP) is 4.25. The molecule has 0 bridgehead atoms. The lowest BCUT2D eigenvalue weighted by Gasteiger charge is -2.32. The summed E-state index contributed by atoms with van der Waals surface area (Å²) in [7, 11) is 0. The first-order valence-corrected chi connectivity index (χ1v) is 10.1. The van der Waals surface area contributed by atoms with Crippen molar-refractivity contribution in [1.82, 2.24) is 20.1 Å². The number of likely N-dealkylation sites (tertiary alicyclic amines) is 1. The number of hydrogen-bond acceptors (Lipinski definition) is 5. The highest BCUT2D eigenvalue weighted by atomic mass is 15.2. The maximum Gasteiger partial charge on any atom is 0.148 e. The number of pyridine rings is 1. The van der Waals surface area contributed by atoms with Crippen LogP contribution in [0.5, 0.6) is 0 Å². The molecule has 3 aromatic rings. The minimum absolute atomic E-state index is 0.794. The van der Waals surface area contributed by atoms with Crippen molar-refractivity contribution in [2.75, 3.05) is 25.0 Å². The Hall–Kier alpha value is -2.79. The van der Waals surface area contributed by atoms with Crippen molar-refractivity contribution in [1.29, 1.82) is 0 Å². The summed E-state index contributed by atoms with van der Waals surface area (Å²) < 4.78 is 0. The Morgan fingerprint density at radius 1 is 0.929 bits per heavy atom. The van der Waals surface area contributed by atoms with Crippen molar-refractivity contribution >= 4 is 5.82 Å². The number of nitrogens with one attached hydrogen (secondary N) is 1. The van der Waals surface area contributed by atoms with Crippen molar-refractivity contribution in [2.45, 2.75) is 25.8 Å². The second kappa shape index (κ2) is 9.42. The Kier molecular flexibility index (Phi) is 6.25. The molecule has 1 aliphatic rings. The van der Waals surface area contributed by atoms with Gasteiger partial charge in [-0.25, -0.2) is 0 Å². The number of anilines is 1. The normalized spacial score (nSPS) is 15.4. The first kappa shape index (κ1) is 18.6. The van der Waals surface area contributed by atoms with Gasteiger partial charge in [0.15, 0.2) is 0 Å². The predicted molar refractivity (Wildman–Crippen MR) is 113 cm³/mol. The Balaban J connectivity index is 1.18. The number of aromatic nitrogens is 3. The van der Waals surface area contributed by atoms with E-state index < -0.39 is 0 Å². The van der Waals surface area contributed by atoms with E-state index in [1.807, 2.05) is 24.3 Å². The molecule has 5 heteroatoms. The Morgan fingerprint density at radius 3 is 2.50 bits per heavy atom. The molecule has 1 aromatic carbocycles. The smallest absolute Gasteiger partial charge is 0.148 e. The van der Waals surface area contributed by atoms with Crippen LogP contribution < -0.4 is 5.32 Å². The number of piperidine rings is 1. The summed E-state index contributed by atoms with van der Waals surface area (Å²) in [6.45, 7) is 4.41. The zero-order valence-corrected chi connectivity index (χ0v) is 16.2. The zero-order valence-electron chi connectivity index (χ0n) is 16.2. The molecule has 0 aliphatic carbocycles. The summed E-state index contributed by atoms with van der Waals surface area (Å²) in [5, 5.41) is 12.0. The fraction of sp³-hybridized carbons (Fsp3) is 0.348. The van der Waals surface area contributed by atoms with Crippen LogP contribution >= 0.6 is 0 Å². The van der Waals surface area contributed by atoms with Crippen molar-refractivity contribution in [2.24, 2.45) is 5.92 Å². The third kappa shape index (κ3) is 5.14. The highest BCUT2D eigenvalue weighted by Gasteiger charge is 2.18. The molecule has 1 saturated heterocycles. The van der Waals surface area contributed by atoms with Crippen LogP contribution in [0.3, 0.4) is 0 Å². The molecule has 0 unspecified atom stereocenters. The van der Waals surface area contributed by atoms with Crippen LogP contribution in [0, 0.1) is 5.92 Å². The third-order valence-corrected chi connectivity index (χ3v) is 5.44. The van der Waals surface area contributed by atoms with Gasteiger partial charge in [0.1, 0.15) is 5.82 Å². The minimum Gasteiger partial charge on any atom is -0.369 e. The van der Waals surface area contributed by atoms with Crippen molar-refractivity contribution in [3.05, 3.63) is 72.6 Å². The number of nitrogens with zero attached hydrogens (tertiary/aromatic N) is 4. The molecular formula is C23H27N5. The molecule has 4 rings (SSSR count). The van der Waals surface area contributed by atoms with Crippen LogP contribution in [-0.2, 0) is 6.54 Å². The van der Waals surface area contributed by atoms with E-state index in [1.165, 1.54) is 37.9 Å². The van der Waals surface area contributed by atoms with Gasteiger partial charge in [0.05, 0.1) is 5.69 Å². The van der Waals surface area contributed by atoms with Gasteiger partial charge in [-0.3, -0.25) is 9.88 Å². The van der Waals surface area contributed by atoms with Gasteiger partial charge < -0.3 is 5.32 Å². The van der Waals surface area contributed by atoms with Gasteiger partial charge >= 0.3 is 0 Å². The quantitative estimate of drug-likeness (QED) is 0.671. The van der Waals surface area contributed by atoms with Crippen LogP contribution in [0.2, 0.25) is 0 Å². The van der Waals surface area contributed by atoms with Gasteiger partial charge in [0.2, 0.25) is 0 Å². The van der Waals surface area contributed by atoms with Crippen LogP contribution in [0.4, 0.5) is 5.82 Å². The number of rotatable bonds is 7. The SMILES string of the molecule is c1ccc(CN2CCC(CCNc3ccc(-c4cccnc4)nn3)CC2)cc1. The molecule has 2 aromatic heterocycles. The molecule has 0 saturated carbocycles.